The first-order valence-corrected chi connectivity index (χ1v) is 5.37. The van der Waals surface area contributed by atoms with Crippen molar-refractivity contribution in [1.29, 1.82) is 0 Å². The van der Waals surface area contributed by atoms with E-state index in [1.165, 1.54) is 7.11 Å². The Morgan fingerprint density at radius 2 is 2.54 bits per heavy atom. The summed E-state index contributed by atoms with van der Waals surface area (Å²) in [5.74, 6) is -0.373. The minimum atomic E-state index is -0.563. The highest BCUT2D eigenvalue weighted by molar-refractivity contribution is 9.11. The van der Waals surface area contributed by atoms with Gasteiger partial charge in [-0.3, -0.25) is 4.79 Å². The summed E-state index contributed by atoms with van der Waals surface area (Å²) >= 11 is 4.91. The number of rotatable bonds is 3. The highest BCUT2D eigenvalue weighted by Gasteiger charge is 2.14. The molecule has 0 aliphatic carbocycles. The standard InChI is InChI=1S/C8H10BrNO2S/c1-12-8(11)6(10)2-5-3-7(9)13-4-5/h3-4,6H,2,10H2,1H3/t6-/m0/s1. The van der Waals surface area contributed by atoms with Crippen molar-refractivity contribution in [3.05, 3.63) is 20.8 Å². The number of hydrogen-bond donors (Lipinski definition) is 1. The maximum Gasteiger partial charge on any atom is 0.322 e. The van der Waals surface area contributed by atoms with E-state index in [1.807, 2.05) is 11.4 Å². The highest BCUT2D eigenvalue weighted by Crippen LogP contribution is 2.21. The van der Waals surface area contributed by atoms with Crippen LogP contribution in [0.1, 0.15) is 5.56 Å². The number of nitrogens with two attached hydrogens (primary N) is 1. The molecule has 1 atom stereocenters. The molecule has 0 radical (unpaired) electrons. The fraction of sp³-hybridized carbons (Fsp3) is 0.375. The number of thiophene rings is 1. The van der Waals surface area contributed by atoms with Crippen molar-refractivity contribution >= 4 is 33.2 Å². The molecule has 0 saturated carbocycles. The second kappa shape index (κ2) is 4.74. The zero-order valence-electron chi connectivity index (χ0n) is 7.12. The molecule has 72 valence electrons. The fourth-order valence-corrected chi connectivity index (χ4v) is 2.16. The van der Waals surface area contributed by atoms with E-state index in [9.17, 15) is 4.79 Å². The van der Waals surface area contributed by atoms with Crippen LogP contribution in [0.2, 0.25) is 0 Å². The number of carbonyl (C=O) groups excluding carboxylic acids is 1. The molecule has 0 fully saturated rings. The number of carbonyl (C=O) groups is 1. The fourth-order valence-electron chi connectivity index (χ4n) is 0.941. The molecule has 0 spiro atoms. The Bertz CT molecular complexity index is 300. The monoisotopic (exact) mass is 263 g/mol. The van der Waals surface area contributed by atoms with Crippen LogP contribution in [-0.4, -0.2) is 19.1 Å². The van der Waals surface area contributed by atoms with Gasteiger partial charge in [-0.2, -0.15) is 0 Å². The van der Waals surface area contributed by atoms with Crippen molar-refractivity contribution in [3.8, 4) is 0 Å². The van der Waals surface area contributed by atoms with Crippen LogP contribution >= 0.6 is 27.3 Å². The molecule has 5 heteroatoms. The summed E-state index contributed by atoms with van der Waals surface area (Å²) < 4.78 is 5.56. The first kappa shape index (κ1) is 10.7. The first-order chi connectivity index (χ1) is 6.13. The lowest BCUT2D eigenvalue weighted by atomic mass is 10.1. The van der Waals surface area contributed by atoms with Crippen LogP contribution in [0.25, 0.3) is 0 Å². The van der Waals surface area contributed by atoms with Crippen molar-refractivity contribution in [1.82, 2.24) is 0 Å². The van der Waals surface area contributed by atoms with Gasteiger partial charge in [-0.15, -0.1) is 11.3 Å². The van der Waals surface area contributed by atoms with Crippen LogP contribution in [0.5, 0.6) is 0 Å². The van der Waals surface area contributed by atoms with Gasteiger partial charge >= 0.3 is 5.97 Å². The topological polar surface area (TPSA) is 52.3 Å². The normalized spacial score (nSPS) is 12.5. The lowest BCUT2D eigenvalue weighted by molar-refractivity contribution is -0.142. The largest absolute Gasteiger partial charge is 0.468 e. The molecule has 1 aromatic heterocycles. The van der Waals surface area contributed by atoms with Gasteiger partial charge in [0.15, 0.2) is 0 Å². The van der Waals surface area contributed by atoms with Crippen molar-refractivity contribution in [2.45, 2.75) is 12.5 Å². The van der Waals surface area contributed by atoms with Crippen molar-refractivity contribution in [3.63, 3.8) is 0 Å². The molecule has 0 aliphatic rings. The van der Waals surface area contributed by atoms with Crippen LogP contribution in [0.15, 0.2) is 15.2 Å². The van der Waals surface area contributed by atoms with Gasteiger partial charge in [0.05, 0.1) is 10.9 Å². The van der Waals surface area contributed by atoms with E-state index in [0.717, 1.165) is 9.35 Å². The third kappa shape index (κ3) is 3.10. The van der Waals surface area contributed by atoms with Crippen molar-refractivity contribution in [2.75, 3.05) is 7.11 Å². The summed E-state index contributed by atoms with van der Waals surface area (Å²) in [4.78, 5) is 11.0. The Kier molecular flexibility index (Phi) is 3.90. The molecule has 1 heterocycles. The van der Waals surface area contributed by atoms with Crippen LogP contribution in [0, 0.1) is 0 Å². The summed E-state index contributed by atoms with van der Waals surface area (Å²) in [6.07, 6.45) is 0.523. The molecule has 0 saturated heterocycles. The molecule has 0 aromatic carbocycles. The van der Waals surface area contributed by atoms with Crippen LogP contribution < -0.4 is 5.73 Å². The van der Waals surface area contributed by atoms with Gasteiger partial charge in [-0.1, -0.05) is 0 Å². The van der Waals surface area contributed by atoms with Gasteiger partial charge in [0.25, 0.3) is 0 Å². The van der Waals surface area contributed by atoms with Crippen LogP contribution in [-0.2, 0) is 16.0 Å². The molecular formula is C8H10BrNO2S. The van der Waals surface area contributed by atoms with Gasteiger partial charge in [-0.25, -0.2) is 0 Å². The lowest BCUT2D eigenvalue weighted by Gasteiger charge is -2.06. The maximum absolute atomic E-state index is 11.0. The van der Waals surface area contributed by atoms with Gasteiger partial charge in [0, 0.05) is 0 Å². The zero-order chi connectivity index (χ0) is 9.84. The van der Waals surface area contributed by atoms with E-state index >= 15 is 0 Å². The van der Waals surface area contributed by atoms with E-state index in [2.05, 4.69) is 20.7 Å². The predicted molar refractivity (Wildman–Crippen MR) is 55.7 cm³/mol. The summed E-state index contributed by atoms with van der Waals surface area (Å²) in [7, 11) is 1.34. The van der Waals surface area contributed by atoms with Crippen LogP contribution in [0.3, 0.4) is 0 Å². The van der Waals surface area contributed by atoms with E-state index in [4.69, 9.17) is 5.73 Å². The first-order valence-electron chi connectivity index (χ1n) is 3.70. The Balaban J connectivity index is 2.54. The number of hydrogen-bond acceptors (Lipinski definition) is 4. The highest BCUT2D eigenvalue weighted by atomic mass is 79.9. The number of methoxy groups -OCH3 is 1. The van der Waals surface area contributed by atoms with Gasteiger partial charge in [-0.05, 0) is 39.4 Å². The molecule has 3 nitrogen and oxygen atoms in total. The molecule has 0 unspecified atom stereocenters. The molecular weight excluding hydrogens is 254 g/mol. The Morgan fingerprint density at radius 3 is 3.00 bits per heavy atom. The van der Waals surface area contributed by atoms with Gasteiger partial charge < -0.3 is 10.5 Å². The molecule has 13 heavy (non-hydrogen) atoms. The molecule has 0 bridgehead atoms. The van der Waals surface area contributed by atoms with Gasteiger partial charge in [0.2, 0.25) is 0 Å². The molecule has 2 N–H and O–H groups in total. The average Bonchev–Trinajstić information content (AvgIpc) is 2.49. The number of halogens is 1. The number of ether oxygens (including phenoxy) is 1. The quantitative estimate of drug-likeness (QED) is 0.843. The second-order valence-electron chi connectivity index (χ2n) is 2.59. The Hall–Kier alpha value is -0.390. The van der Waals surface area contributed by atoms with Crippen molar-refractivity contribution in [2.24, 2.45) is 5.73 Å². The lowest BCUT2D eigenvalue weighted by Crippen LogP contribution is -2.33. The average molecular weight is 264 g/mol. The molecule has 1 rings (SSSR count). The van der Waals surface area contributed by atoms with E-state index in [-0.39, 0.29) is 5.97 Å². The Labute approximate surface area is 89.0 Å². The minimum Gasteiger partial charge on any atom is -0.468 e. The predicted octanol–water partition coefficient (Wildman–Crippen LogP) is 1.55. The summed E-state index contributed by atoms with van der Waals surface area (Å²) in [5, 5.41) is 1.97. The maximum atomic E-state index is 11.0. The third-order valence-corrected chi connectivity index (χ3v) is 3.13. The summed E-state index contributed by atoms with van der Waals surface area (Å²) in [6, 6.07) is 1.39. The summed E-state index contributed by atoms with van der Waals surface area (Å²) in [5.41, 5.74) is 6.63. The molecule has 0 amide bonds. The van der Waals surface area contributed by atoms with E-state index < -0.39 is 6.04 Å². The van der Waals surface area contributed by atoms with E-state index in [0.29, 0.717) is 6.42 Å². The van der Waals surface area contributed by atoms with Crippen molar-refractivity contribution < 1.29 is 9.53 Å². The smallest absolute Gasteiger partial charge is 0.322 e. The number of esters is 1. The van der Waals surface area contributed by atoms with Gasteiger partial charge in [0.1, 0.15) is 6.04 Å². The SMILES string of the molecule is COC(=O)[C@@H](N)Cc1csc(Br)c1. The molecule has 0 aliphatic heterocycles. The minimum absolute atomic E-state index is 0.373. The second-order valence-corrected chi connectivity index (χ2v) is 4.88. The molecule has 1 aromatic rings. The third-order valence-electron chi connectivity index (χ3n) is 1.58. The Morgan fingerprint density at radius 1 is 1.85 bits per heavy atom. The zero-order valence-corrected chi connectivity index (χ0v) is 9.52. The van der Waals surface area contributed by atoms with Crippen LogP contribution in [0.4, 0.5) is 0 Å². The van der Waals surface area contributed by atoms with E-state index in [1.54, 1.807) is 11.3 Å². The summed E-state index contributed by atoms with van der Waals surface area (Å²) in [6.45, 7) is 0.